The molecule has 0 fully saturated rings. The third-order valence-corrected chi connectivity index (χ3v) is 6.07. The van der Waals surface area contributed by atoms with Crippen molar-refractivity contribution < 1.29 is 5.11 Å². The molecule has 0 unspecified atom stereocenters. The molecule has 2 heterocycles. The van der Waals surface area contributed by atoms with E-state index in [0.29, 0.717) is 11.3 Å². The molecule has 0 bridgehead atoms. The van der Waals surface area contributed by atoms with Crippen molar-refractivity contribution in [1.82, 2.24) is 15.0 Å². The Hall–Kier alpha value is -4.51. The zero-order valence-electron chi connectivity index (χ0n) is 20.6. The van der Waals surface area contributed by atoms with Crippen LogP contribution in [0.4, 0.5) is 17.2 Å². The van der Waals surface area contributed by atoms with Gasteiger partial charge in [0.2, 0.25) is 0 Å². The van der Waals surface area contributed by atoms with Crippen molar-refractivity contribution in [1.29, 1.82) is 0 Å². The summed E-state index contributed by atoms with van der Waals surface area (Å²) in [7, 11) is 0. The first-order valence-electron chi connectivity index (χ1n) is 11.9. The smallest absolute Gasteiger partial charge is 0.137 e. The molecule has 0 saturated heterocycles. The summed E-state index contributed by atoms with van der Waals surface area (Å²) in [5.74, 6) is 1.01. The number of aromatic nitrogens is 3. The van der Waals surface area contributed by atoms with Crippen molar-refractivity contribution in [2.75, 3.05) is 4.90 Å². The van der Waals surface area contributed by atoms with Gasteiger partial charge in [-0.3, -0.25) is 9.88 Å². The normalized spacial score (nSPS) is 11.3. The van der Waals surface area contributed by atoms with E-state index in [1.807, 2.05) is 60.7 Å². The first-order chi connectivity index (χ1) is 17.4. The molecule has 5 rings (SSSR count). The Morgan fingerprint density at radius 2 is 1.47 bits per heavy atom. The molecule has 1 N–H and O–H groups in total. The molecular formula is C31H28N4O. The maximum absolute atomic E-state index is 10.6. The summed E-state index contributed by atoms with van der Waals surface area (Å²) in [6.07, 6.45) is 5.24. The Bertz CT molecular complexity index is 1440. The number of phenolic OH excluding ortho intramolecular Hbond substituents is 1. The number of para-hydroxylation sites is 1. The molecule has 178 valence electrons. The fourth-order valence-electron chi connectivity index (χ4n) is 4.12. The molecular weight excluding hydrogens is 444 g/mol. The standard InChI is InChI=1S/C31H28N4O/c1-31(2,3)23-15-16-29(36)26(19-23)28-21-32-20-27(34-28)22-10-9-13-25(18-22)35(24-11-5-4-6-12-24)30-14-7-8-17-33-30/h4-21,36H,1-3H3. The summed E-state index contributed by atoms with van der Waals surface area (Å²) in [5.41, 5.74) is 6.00. The van der Waals surface area contributed by atoms with E-state index >= 15 is 0 Å². The molecule has 0 aliphatic heterocycles. The van der Waals surface area contributed by atoms with Gasteiger partial charge in [0.05, 0.1) is 23.8 Å². The average Bonchev–Trinajstić information content (AvgIpc) is 2.90. The van der Waals surface area contributed by atoms with Gasteiger partial charge in [-0.15, -0.1) is 0 Å². The molecule has 3 aromatic carbocycles. The second-order valence-corrected chi connectivity index (χ2v) is 9.68. The average molecular weight is 473 g/mol. The number of anilines is 3. The lowest BCUT2D eigenvalue weighted by Crippen LogP contribution is -2.11. The van der Waals surface area contributed by atoms with E-state index in [1.165, 1.54) is 0 Å². The lowest BCUT2D eigenvalue weighted by molar-refractivity contribution is 0.476. The Kier molecular flexibility index (Phi) is 6.21. The Morgan fingerprint density at radius 1 is 0.722 bits per heavy atom. The predicted molar refractivity (Wildman–Crippen MR) is 146 cm³/mol. The molecule has 0 aliphatic rings. The van der Waals surface area contributed by atoms with Crippen molar-refractivity contribution in [3.05, 3.63) is 115 Å². The first kappa shape index (κ1) is 23.2. The van der Waals surface area contributed by atoms with Gasteiger partial charge in [-0.2, -0.15) is 0 Å². The fraction of sp³-hybridized carbons (Fsp3) is 0.129. The molecule has 5 heteroatoms. The third-order valence-electron chi connectivity index (χ3n) is 6.07. The molecule has 5 nitrogen and oxygen atoms in total. The Labute approximate surface area is 211 Å². The Balaban J connectivity index is 1.57. The van der Waals surface area contributed by atoms with Gasteiger partial charge in [0.25, 0.3) is 0 Å². The van der Waals surface area contributed by atoms with Gasteiger partial charge in [-0.25, -0.2) is 9.97 Å². The highest BCUT2D eigenvalue weighted by molar-refractivity contribution is 5.78. The van der Waals surface area contributed by atoms with Gasteiger partial charge < -0.3 is 5.11 Å². The van der Waals surface area contributed by atoms with Crippen molar-refractivity contribution in [2.45, 2.75) is 26.2 Å². The van der Waals surface area contributed by atoms with Gasteiger partial charge in [-0.05, 0) is 59.5 Å². The lowest BCUT2D eigenvalue weighted by atomic mass is 9.85. The lowest BCUT2D eigenvalue weighted by Gasteiger charge is -2.24. The van der Waals surface area contributed by atoms with Crippen LogP contribution in [0, 0.1) is 0 Å². The topological polar surface area (TPSA) is 62.1 Å². The zero-order valence-corrected chi connectivity index (χ0v) is 20.6. The van der Waals surface area contributed by atoms with Gasteiger partial charge in [0, 0.05) is 28.7 Å². The van der Waals surface area contributed by atoms with Crippen LogP contribution in [0.2, 0.25) is 0 Å². The van der Waals surface area contributed by atoms with Crippen LogP contribution < -0.4 is 4.90 Å². The summed E-state index contributed by atoms with van der Waals surface area (Å²) in [4.78, 5) is 16.1. The molecule has 2 aromatic heterocycles. The van der Waals surface area contributed by atoms with E-state index in [2.05, 4.69) is 59.9 Å². The van der Waals surface area contributed by atoms with Crippen molar-refractivity contribution in [3.8, 4) is 28.3 Å². The van der Waals surface area contributed by atoms with Gasteiger partial charge in [0.1, 0.15) is 11.6 Å². The molecule has 0 radical (unpaired) electrons. The van der Waals surface area contributed by atoms with Gasteiger partial charge >= 0.3 is 0 Å². The first-order valence-corrected chi connectivity index (χ1v) is 11.9. The third kappa shape index (κ3) is 4.82. The minimum Gasteiger partial charge on any atom is -0.507 e. The van der Waals surface area contributed by atoms with E-state index in [4.69, 9.17) is 4.98 Å². The van der Waals surface area contributed by atoms with Crippen molar-refractivity contribution in [2.24, 2.45) is 0 Å². The molecule has 0 saturated carbocycles. The maximum atomic E-state index is 10.6. The number of aromatic hydroxyl groups is 1. The molecule has 36 heavy (non-hydrogen) atoms. The molecule has 0 amide bonds. The zero-order chi connectivity index (χ0) is 25.1. The number of rotatable bonds is 5. The molecule has 0 atom stereocenters. The van der Waals surface area contributed by atoms with Crippen LogP contribution in [0.1, 0.15) is 26.3 Å². The number of nitrogens with zero attached hydrogens (tertiary/aromatic N) is 4. The van der Waals surface area contributed by atoms with Gasteiger partial charge in [0.15, 0.2) is 0 Å². The highest BCUT2D eigenvalue weighted by atomic mass is 16.3. The van der Waals surface area contributed by atoms with E-state index in [-0.39, 0.29) is 11.2 Å². The van der Waals surface area contributed by atoms with Crippen molar-refractivity contribution >= 4 is 17.2 Å². The number of hydrogen-bond acceptors (Lipinski definition) is 5. The van der Waals surface area contributed by atoms with Crippen LogP contribution in [-0.2, 0) is 5.41 Å². The minimum absolute atomic E-state index is 0.0474. The largest absolute Gasteiger partial charge is 0.507 e. The number of pyridine rings is 1. The Morgan fingerprint density at radius 3 is 2.22 bits per heavy atom. The second kappa shape index (κ2) is 9.62. The monoisotopic (exact) mass is 472 g/mol. The number of hydrogen-bond donors (Lipinski definition) is 1. The molecule has 0 aliphatic carbocycles. The fourth-order valence-corrected chi connectivity index (χ4v) is 4.12. The summed E-state index contributed by atoms with van der Waals surface area (Å²) in [5, 5.41) is 10.6. The van der Waals surface area contributed by atoms with Gasteiger partial charge in [-0.1, -0.05) is 63.2 Å². The highest BCUT2D eigenvalue weighted by Crippen LogP contribution is 2.36. The van der Waals surface area contributed by atoms with E-state index < -0.39 is 0 Å². The maximum Gasteiger partial charge on any atom is 0.137 e. The van der Waals surface area contributed by atoms with Crippen molar-refractivity contribution in [3.63, 3.8) is 0 Å². The molecule has 5 aromatic rings. The van der Waals surface area contributed by atoms with Crippen LogP contribution in [0.5, 0.6) is 5.75 Å². The quantitative estimate of drug-likeness (QED) is 0.284. The van der Waals surface area contributed by atoms with Crippen LogP contribution in [0.15, 0.2) is 110 Å². The summed E-state index contributed by atoms with van der Waals surface area (Å²) in [6, 6.07) is 29.9. The summed E-state index contributed by atoms with van der Waals surface area (Å²) in [6.45, 7) is 6.45. The van der Waals surface area contributed by atoms with Crippen LogP contribution in [-0.4, -0.2) is 20.1 Å². The van der Waals surface area contributed by atoms with E-state index in [0.717, 1.165) is 34.0 Å². The second-order valence-electron chi connectivity index (χ2n) is 9.68. The van der Waals surface area contributed by atoms with Crippen LogP contribution >= 0.6 is 0 Å². The van der Waals surface area contributed by atoms with Crippen LogP contribution in [0.3, 0.4) is 0 Å². The SMILES string of the molecule is CC(C)(C)c1ccc(O)c(-c2cncc(-c3cccc(N(c4ccccc4)c4ccccn4)c3)n2)c1. The van der Waals surface area contributed by atoms with E-state index in [9.17, 15) is 5.11 Å². The predicted octanol–water partition coefficient (Wildman–Crippen LogP) is 7.68. The molecule has 0 spiro atoms. The minimum atomic E-state index is -0.0474. The highest BCUT2D eigenvalue weighted by Gasteiger charge is 2.18. The van der Waals surface area contributed by atoms with Crippen LogP contribution in [0.25, 0.3) is 22.5 Å². The number of benzene rings is 3. The van der Waals surface area contributed by atoms with E-state index in [1.54, 1.807) is 24.7 Å². The summed E-state index contributed by atoms with van der Waals surface area (Å²) >= 11 is 0. The number of phenols is 1. The summed E-state index contributed by atoms with van der Waals surface area (Å²) < 4.78 is 0.